The summed E-state index contributed by atoms with van der Waals surface area (Å²) in [6.07, 6.45) is 1.07. The molecular weight excluding hydrogens is 378 g/mol. The normalized spacial score (nSPS) is 16.4. The van der Waals surface area contributed by atoms with E-state index in [-0.39, 0.29) is 5.56 Å². The van der Waals surface area contributed by atoms with Gasteiger partial charge in [0.2, 0.25) is 5.60 Å². The van der Waals surface area contributed by atoms with Gasteiger partial charge in [-0.1, -0.05) is 36.4 Å². The predicted molar refractivity (Wildman–Crippen MR) is 98.8 cm³/mol. The summed E-state index contributed by atoms with van der Waals surface area (Å²) in [5, 5.41) is 29.7. The molecule has 0 saturated carbocycles. The number of rotatable bonds is 8. The fraction of sp³-hybridized carbons (Fsp3) is 0.235. The molecule has 9 heteroatoms. The Bertz CT molecular complexity index is 876. The summed E-state index contributed by atoms with van der Waals surface area (Å²) in [6.45, 7) is 2.12. The van der Waals surface area contributed by atoms with Crippen molar-refractivity contribution in [2.75, 3.05) is 6.61 Å². The maximum atomic E-state index is 12.7. The number of hydrogen-bond donors (Lipinski definition) is 4. The number of thiophene rings is 1. The summed E-state index contributed by atoms with van der Waals surface area (Å²) < 4.78 is 25.4. The molecule has 1 aromatic carbocycles. The topological polar surface area (TPSA) is 138 Å². The Morgan fingerprint density at radius 2 is 1.92 bits per heavy atom. The molecule has 3 atom stereocenters. The van der Waals surface area contributed by atoms with Gasteiger partial charge in [0.25, 0.3) is 5.91 Å². The second kappa shape index (κ2) is 7.68. The van der Waals surface area contributed by atoms with E-state index in [9.17, 15) is 23.4 Å². The smallest absolute Gasteiger partial charge is 0.255 e. The van der Waals surface area contributed by atoms with Crippen molar-refractivity contribution in [3.8, 4) is 10.4 Å². The number of carbonyl (C=O) groups is 1. The van der Waals surface area contributed by atoms with Gasteiger partial charge in [0.1, 0.15) is 5.25 Å². The minimum atomic E-state index is -4.56. The maximum absolute atomic E-state index is 12.7. The third kappa shape index (κ3) is 3.57. The fourth-order valence-electron chi connectivity index (χ4n) is 2.43. The lowest BCUT2D eigenvalue weighted by molar-refractivity contribution is -0.148. The first-order chi connectivity index (χ1) is 12.2. The van der Waals surface area contributed by atoms with Crippen LogP contribution in [0.1, 0.15) is 10.8 Å². The van der Waals surface area contributed by atoms with Gasteiger partial charge < -0.3 is 21.1 Å². The second-order valence-electron chi connectivity index (χ2n) is 5.64. The molecular formula is C17H19NO6S2. The Balaban J connectivity index is 2.40. The number of carbonyl (C=O) groups excluding carboxylic acids is 1. The van der Waals surface area contributed by atoms with Crippen LogP contribution in [-0.2, 0) is 14.6 Å². The van der Waals surface area contributed by atoms with Crippen LogP contribution in [0.25, 0.3) is 10.4 Å². The van der Waals surface area contributed by atoms with Crippen LogP contribution in [0, 0.1) is 0 Å². The van der Waals surface area contributed by atoms with Gasteiger partial charge in [0, 0.05) is 4.88 Å². The summed E-state index contributed by atoms with van der Waals surface area (Å²) in [7, 11) is -4.56. The highest BCUT2D eigenvalue weighted by molar-refractivity contribution is 7.92. The molecule has 1 aromatic heterocycles. The van der Waals surface area contributed by atoms with E-state index < -0.39 is 38.6 Å². The molecule has 0 spiro atoms. The summed E-state index contributed by atoms with van der Waals surface area (Å²) in [4.78, 5) is 12.3. The molecule has 3 unspecified atom stereocenters. The van der Waals surface area contributed by atoms with Crippen LogP contribution in [0.3, 0.4) is 0 Å². The summed E-state index contributed by atoms with van der Waals surface area (Å²) in [6, 6.07) is 10.3. The molecule has 140 valence electrons. The first kappa shape index (κ1) is 20.3. The van der Waals surface area contributed by atoms with Crippen molar-refractivity contribution in [3.05, 3.63) is 60.0 Å². The molecule has 26 heavy (non-hydrogen) atoms. The van der Waals surface area contributed by atoms with Gasteiger partial charge in [-0.3, -0.25) is 4.79 Å². The number of amides is 1. The third-order valence-electron chi connectivity index (χ3n) is 4.00. The maximum Gasteiger partial charge on any atom is 0.255 e. The molecule has 5 N–H and O–H groups in total. The van der Waals surface area contributed by atoms with Crippen LogP contribution in [-0.4, -0.2) is 47.3 Å². The SMILES string of the molecule is C=CC(c1ccc(-c2cccs2)cc1)S(=O)(=O)C(O)C(O)(CO)C(N)=O. The molecule has 0 aliphatic rings. The molecule has 1 amide bonds. The molecule has 0 saturated heterocycles. The molecule has 1 heterocycles. The van der Waals surface area contributed by atoms with Crippen LogP contribution in [0.5, 0.6) is 0 Å². The zero-order chi connectivity index (χ0) is 19.5. The van der Waals surface area contributed by atoms with Crippen molar-refractivity contribution in [1.82, 2.24) is 0 Å². The van der Waals surface area contributed by atoms with E-state index in [1.165, 1.54) is 11.3 Å². The van der Waals surface area contributed by atoms with E-state index in [4.69, 9.17) is 10.8 Å². The monoisotopic (exact) mass is 397 g/mol. The van der Waals surface area contributed by atoms with Crippen molar-refractivity contribution in [3.63, 3.8) is 0 Å². The van der Waals surface area contributed by atoms with Crippen molar-refractivity contribution in [2.45, 2.75) is 16.3 Å². The first-order valence-corrected chi connectivity index (χ1v) is 9.97. The third-order valence-corrected chi connectivity index (χ3v) is 7.10. The number of benzene rings is 1. The van der Waals surface area contributed by atoms with Gasteiger partial charge in [-0.2, -0.15) is 0 Å². The zero-order valence-electron chi connectivity index (χ0n) is 13.6. The minimum Gasteiger partial charge on any atom is -0.393 e. The Morgan fingerprint density at radius 3 is 2.35 bits per heavy atom. The summed E-state index contributed by atoms with van der Waals surface area (Å²) in [5.74, 6) is -1.55. The van der Waals surface area contributed by atoms with Gasteiger partial charge in [0.05, 0.1) is 6.61 Å². The largest absolute Gasteiger partial charge is 0.393 e. The van der Waals surface area contributed by atoms with Crippen molar-refractivity contribution in [1.29, 1.82) is 0 Å². The van der Waals surface area contributed by atoms with Crippen molar-refractivity contribution in [2.24, 2.45) is 5.73 Å². The summed E-state index contributed by atoms with van der Waals surface area (Å²) in [5.41, 5.74) is 0.470. The quantitative estimate of drug-likeness (QED) is 0.481. The van der Waals surface area contributed by atoms with Crippen LogP contribution in [0.2, 0.25) is 0 Å². The average molecular weight is 397 g/mol. The Morgan fingerprint density at radius 1 is 1.31 bits per heavy atom. The Labute approximate surface area is 155 Å². The van der Waals surface area contributed by atoms with Crippen LogP contribution in [0.15, 0.2) is 54.4 Å². The molecule has 0 aliphatic heterocycles. The van der Waals surface area contributed by atoms with Crippen LogP contribution in [0.4, 0.5) is 0 Å². The molecule has 0 bridgehead atoms. The Kier molecular flexibility index (Phi) is 5.99. The number of nitrogens with two attached hydrogens (primary N) is 1. The number of sulfone groups is 1. The fourth-order valence-corrected chi connectivity index (χ4v) is 4.98. The van der Waals surface area contributed by atoms with E-state index in [0.717, 1.165) is 16.5 Å². The minimum absolute atomic E-state index is 0.282. The highest BCUT2D eigenvalue weighted by atomic mass is 32.2. The first-order valence-electron chi connectivity index (χ1n) is 7.48. The molecule has 2 aromatic rings. The lowest BCUT2D eigenvalue weighted by atomic mass is 10.1. The number of hydrogen-bond acceptors (Lipinski definition) is 7. The lowest BCUT2D eigenvalue weighted by Gasteiger charge is -2.29. The van der Waals surface area contributed by atoms with Gasteiger partial charge in [-0.25, -0.2) is 8.42 Å². The summed E-state index contributed by atoms with van der Waals surface area (Å²) >= 11 is 1.53. The van der Waals surface area contributed by atoms with Gasteiger partial charge in [0.15, 0.2) is 15.3 Å². The number of primary amides is 1. The van der Waals surface area contributed by atoms with Gasteiger partial charge in [-0.15, -0.1) is 17.9 Å². The van der Waals surface area contributed by atoms with E-state index in [2.05, 4.69) is 6.58 Å². The lowest BCUT2D eigenvalue weighted by Crippen LogP contribution is -2.59. The number of aliphatic hydroxyl groups is 3. The van der Waals surface area contributed by atoms with E-state index in [0.29, 0.717) is 0 Å². The van der Waals surface area contributed by atoms with E-state index in [1.807, 2.05) is 17.5 Å². The molecule has 0 aliphatic carbocycles. The second-order valence-corrected chi connectivity index (χ2v) is 8.72. The van der Waals surface area contributed by atoms with Gasteiger partial charge >= 0.3 is 0 Å². The van der Waals surface area contributed by atoms with Crippen LogP contribution < -0.4 is 5.73 Å². The molecule has 7 nitrogen and oxygen atoms in total. The van der Waals surface area contributed by atoms with Crippen LogP contribution >= 0.6 is 11.3 Å². The zero-order valence-corrected chi connectivity index (χ0v) is 15.3. The predicted octanol–water partition coefficient (Wildman–Crippen LogP) is 0.584. The number of aliphatic hydroxyl groups excluding tert-OH is 2. The standard InChI is InChI=1S/C17H19NO6S2/c1-2-14(26(23,24)16(21)17(22,10-19)15(18)20)12-7-5-11(6-8-12)13-4-3-9-25-13/h2-9,14,16,19,21-22H,1,10H2,(H2,18,20). The van der Waals surface area contributed by atoms with Crippen molar-refractivity contribution < 1.29 is 28.5 Å². The average Bonchev–Trinajstić information content (AvgIpc) is 3.15. The molecule has 2 rings (SSSR count). The van der Waals surface area contributed by atoms with E-state index >= 15 is 0 Å². The van der Waals surface area contributed by atoms with E-state index in [1.54, 1.807) is 24.3 Å². The molecule has 0 fully saturated rings. The van der Waals surface area contributed by atoms with Crippen molar-refractivity contribution >= 4 is 27.1 Å². The molecule has 0 radical (unpaired) electrons. The highest BCUT2D eigenvalue weighted by Gasteiger charge is 2.50. The highest BCUT2D eigenvalue weighted by Crippen LogP contribution is 2.32. The Hall–Kier alpha value is -2.04. The van der Waals surface area contributed by atoms with Gasteiger partial charge in [-0.05, 0) is 22.6 Å².